The third-order valence-corrected chi connectivity index (χ3v) is 8.01. The van der Waals surface area contributed by atoms with E-state index in [9.17, 15) is 22.8 Å². The molecule has 2 aromatic heterocycles. The Morgan fingerprint density at radius 2 is 1.80 bits per heavy atom. The predicted molar refractivity (Wildman–Crippen MR) is 154 cm³/mol. The van der Waals surface area contributed by atoms with E-state index in [4.69, 9.17) is 4.74 Å². The number of nitrogens with one attached hydrogen (secondary N) is 2. The molecule has 2 aliphatic heterocycles. The fourth-order valence-electron chi connectivity index (χ4n) is 5.47. The van der Waals surface area contributed by atoms with Gasteiger partial charge in [-0.05, 0) is 26.5 Å². The van der Waals surface area contributed by atoms with Gasteiger partial charge in [0.2, 0.25) is 11.4 Å². The molecule has 5 rings (SSSR count). The summed E-state index contributed by atoms with van der Waals surface area (Å²) in [6, 6.07) is 2.83. The average molecular weight is 620 g/mol. The number of likely N-dealkylation sites (N-methyl/N-ethyl adjacent to an activating group) is 1. The van der Waals surface area contributed by atoms with Gasteiger partial charge in [-0.1, -0.05) is 6.08 Å². The Kier molecular flexibility index (Phi) is 8.34. The fraction of sp³-hybridized carbons (Fsp3) is 0.379. The highest BCUT2D eigenvalue weighted by atomic mass is 19.4. The number of amides is 1. The third kappa shape index (κ3) is 5.96. The van der Waals surface area contributed by atoms with Gasteiger partial charge in [-0.2, -0.15) is 13.2 Å². The van der Waals surface area contributed by atoms with E-state index in [0.717, 1.165) is 6.07 Å². The molecule has 15 heteroatoms. The molecule has 44 heavy (non-hydrogen) atoms. The first-order valence-corrected chi connectivity index (χ1v) is 13.7. The molecule has 0 unspecified atom stereocenters. The van der Waals surface area contributed by atoms with Crippen molar-refractivity contribution >= 4 is 28.7 Å². The highest BCUT2D eigenvalue weighted by Gasteiger charge is 2.37. The number of halogens is 5. The van der Waals surface area contributed by atoms with E-state index in [2.05, 4.69) is 25.2 Å². The van der Waals surface area contributed by atoms with Crippen LogP contribution in [0.25, 0.3) is 5.57 Å². The smallest absolute Gasteiger partial charge is 0.417 e. The molecule has 0 radical (unpaired) electrons. The molecular formula is C29H30F5N7O3. The van der Waals surface area contributed by atoms with Gasteiger partial charge in [0.25, 0.3) is 5.91 Å². The number of hydrogen-bond acceptors (Lipinski definition) is 8. The summed E-state index contributed by atoms with van der Waals surface area (Å²) in [4.78, 5) is 40.7. The number of pyridine rings is 1. The molecule has 234 valence electrons. The van der Waals surface area contributed by atoms with Crippen LogP contribution in [0.3, 0.4) is 0 Å². The van der Waals surface area contributed by atoms with Crippen molar-refractivity contribution in [1.82, 2.24) is 19.9 Å². The second-order valence-corrected chi connectivity index (χ2v) is 10.8. The maximum Gasteiger partial charge on any atom is 0.417 e. The lowest BCUT2D eigenvalue weighted by atomic mass is 10.0. The van der Waals surface area contributed by atoms with Crippen molar-refractivity contribution in [3.8, 4) is 5.88 Å². The van der Waals surface area contributed by atoms with Crippen LogP contribution in [0.5, 0.6) is 5.88 Å². The minimum atomic E-state index is -5.04. The van der Waals surface area contributed by atoms with Crippen LogP contribution in [0.15, 0.2) is 41.6 Å². The van der Waals surface area contributed by atoms with Crippen LogP contribution in [-0.2, 0) is 6.18 Å². The molecule has 1 fully saturated rings. The molecule has 4 heterocycles. The number of rotatable bonds is 6. The van der Waals surface area contributed by atoms with Crippen LogP contribution in [-0.4, -0.2) is 78.2 Å². The Morgan fingerprint density at radius 1 is 1.09 bits per heavy atom. The molecule has 0 bridgehead atoms. The molecule has 2 atom stereocenters. The van der Waals surface area contributed by atoms with Crippen LogP contribution >= 0.6 is 0 Å². The molecule has 0 aliphatic carbocycles. The number of H-pyrrole nitrogens is 1. The number of carbonyl (C=O) groups excluding carboxylic acids is 1. The molecule has 0 saturated carbocycles. The number of aromatic nitrogens is 3. The van der Waals surface area contributed by atoms with E-state index in [1.165, 1.54) is 13.4 Å². The Bertz CT molecular complexity index is 1660. The number of hydrogen-bond donors (Lipinski definition) is 2. The maximum atomic E-state index is 16.5. The van der Waals surface area contributed by atoms with E-state index in [0.29, 0.717) is 31.0 Å². The van der Waals surface area contributed by atoms with Crippen molar-refractivity contribution in [1.29, 1.82) is 0 Å². The molecule has 1 aromatic carbocycles. The zero-order valence-corrected chi connectivity index (χ0v) is 24.3. The number of benzene rings is 1. The predicted octanol–water partition coefficient (Wildman–Crippen LogP) is 4.16. The number of anilines is 3. The average Bonchev–Trinajstić information content (AvgIpc) is 3.46. The molecule has 1 saturated heterocycles. The van der Waals surface area contributed by atoms with Gasteiger partial charge in [0.15, 0.2) is 5.82 Å². The Labute approximate surface area is 249 Å². The highest BCUT2D eigenvalue weighted by Crippen LogP contribution is 2.40. The van der Waals surface area contributed by atoms with E-state index in [-0.39, 0.29) is 42.5 Å². The van der Waals surface area contributed by atoms with Gasteiger partial charge in [-0.15, -0.1) is 0 Å². The second-order valence-electron chi connectivity index (χ2n) is 10.8. The van der Waals surface area contributed by atoms with E-state index in [1.54, 1.807) is 21.9 Å². The monoisotopic (exact) mass is 619 g/mol. The number of aromatic amines is 1. The SMILES string of the molecule is COc1cc(N2CC=C(c3c(F)cc(N4C[C@@H](C)N(C)[C@@H](C)C4)c(NC(=O)c4c[nH]c(=O)cc4C(F)(F)F)c3F)C2)ncn1. The van der Waals surface area contributed by atoms with Crippen LogP contribution in [0.1, 0.15) is 35.3 Å². The zero-order chi connectivity index (χ0) is 31.9. The number of carbonyl (C=O) groups is 1. The minimum Gasteiger partial charge on any atom is -0.481 e. The van der Waals surface area contributed by atoms with Crippen LogP contribution in [0.4, 0.5) is 39.1 Å². The van der Waals surface area contributed by atoms with Crippen molar-refractivity contribution in [3.05, 3.63) is 75.5 Å². The number of methoxy groups -OCH3 is 1. The van der Waals surface area contributed by atoms with Crippen molar-refractivity contribution in [2.45, 2.75) is 32.1 Å². The third-order valence-electron chi connectivity index (χ3n) is 8.01. The summed E-state index contributed by atoms with van der Waals surface area (Å²) in [6.45, 7) is 4.82. The largest absolute Gasteiger partial charge is 0.481 e. The van der Waals surface area contributed by atoms with Crippen molar-refractivity contribution in [2.24, 2.45) is 0 Å². The molecule has 2 N–H and O–H groups in total. The van der Waals surface area contributed by atoms with Gasteiger partial charge in [0, 0.05) is 62.7 Å². The molecular weight excluding hydrogens is 589 g/mol. The second kappa shape index (κ2) is 11.9. The lowest BCUT2D eigenvalue weighted by Gasteiger charge is -2.44. The fourth-order valence-corrected chi connectivity index (χ4v) is 5.47. The van der Waals surface area contributed by atoms with Crippen molar-refractivity contribution in [2.75, 3.05) is 55.5 Å². The molecule has 0 spiro atoms. The summed E-state index contributed by atoms with van der Waals surface area (Å²) in [5, 5.41) is 2.28. The standard InChI is InChI=1S/C29H30F5N7O3/c1-15-11-41(12-16(2)39(15)3)21-8-20(30)25(17-5-6-40(13-17)22-9-24(44-4)37-14-36-22)26(31)27(21)38-28(43)18-10-35-23(42)7-19(18)29(32,33)34/h5,7-10,14-16H,6,11-13H2,1-4H3,(H,35,42)(H,38,43)/t15-,16+. The van der Waals surface area contributed by atoms with Gasteiger partial charge in [-0.3, -0.25) is 14.5 Å². The van der Waals surface area contributed by atoms with Gasteiger partial charge in [0.1, 0.15) is 23.6 Å². The Hall–Kier alpha value is -4.53. The topological polar surface area (TPSA) is 107 Å². The van der Waals surface area contributed by atoms with E-state index >= 15 is 8.78 Å². The summed E-state index contributed by atoms with van der Waals surface area (Å²) in [7, 11) is 3.36. The molecule has 1 amide bonds. The summed E-state index contributed by atoms with van der Waals surface area (Å²) in [5.74, 6) is -2.61. The Balaban J connectivity index is 1.57. The summed E-state index contributed by atoms with van der Waals surface area (Å²) >= 11 is 0. The van der Waals surface area contributed by atoms with Gasteiger partial charge in [-0.25, -0.2) is 18.7 Å². The first-order chi connectivity index (χ1) is 20.8. The van der Waals surface area contributed by atoms with Crippen LogP contribution < -0.4 is 25.4 Å². The summed E-state index contributed by atoms with van der Waals surface area (Å²) < 4.78 is 78.7. The van der Waals surface area contributed by atoms with E-state index in [1.807, 2.05) is 20.9 Å². The molecule has 3 aromatic rings. The highest BCUT2D eigenvalue weighted by molar-refractivity contribution is 6.07. The van der Waals surface area contributed by atoms with Crippen LogP contribution in [0.2, 0.25) is 0 Å². The lowest BCUT2D eigenvalue weighted by Crippen LogP contribution is -2.55. The normalized spacial score (nSPS) is 19.2. The van der Waals surface area contributed by atoms with Gasteiger partial charge >= 0.3 is 6.18 Å². The number of alkyl halides is 3. The first kappa shape index (κ1) is 30.9. The summed E-state index contributed by atoms with van der Waals surface area (Å²) in [6.07, 6.45) is -1.53. The molecule has 2 aliphatic rings. The van der Waals surface area contributed by atoms with Gasteiger partial charge < -0.3 is 24.8 Å². The quantitative estimate of drug-likeness (QED) is 0.397. The minimum absolute atomic E-state index is 0.0159. The zero-order valence-electron chi connectivity index (χ0n) is 24.3. The van der Waals surface area contributed by atoms with Crippen LogP contribution in [0, 0.1) is 11.6 Å². The van der Waals surface area contributed by atoms with Gasteiger partial charge in [0.05, 0.1) is 29.5 Å². The number of nitrogens with zero attached hydrogens (tertiary/aromatic N) is 5. The molecule has 10 nitrogen and oxygen atoms in total. The summed E-state index contributed by atoms with van der Waals surface area (Å²) in [5.41, 5.74) is -4.14. The Morgan fingerprint density at radius 3 is 2.45 bits per heavy atom. The lowest BCUT2D eigenvalue weighted by molar-refractivity contribution is -0.138. The van der Waals surface area contributed by atoms with Crippen molar-refractivity contribution in [3.63, 3.8) is 0 Å². The number of piperazine rings is 1. The van der Waals surface area contributed by atoms with E-state index < -0.39 is 51.7 Å². The van der Waals surface area contributed by atoms with Crippen molar-refractivity contribution < 1.29 is 31.5 Å². The number of ether oxygens (including phenoxy) is 1. The first-order valence-electron chi connectivity index (χ1n) is 13.7. The maximum absolute atomic E-state index is 16.5.